The summed E-state index contributed by atoms with van der Waals surface area (Å²) in [6.45, 7) is 3.44. The van der Waals surface area contributed by atoms with Crippen LogP contribution in [0.4, 0.5) is 0 Å². The van der Waals surface area contributed by atoms with Crippen LogP contribution in [0.15, 0.2) is 35.9 Å². The molecule has 0 radical (unpaired) electrons. The number of thioether (sulfide) groups is 1. The van der Waals surface area contributed by atoms with Crippen molar-refractivity contribution in [1.82, 2.24) is 4.90 Å². The fraction of sp³-hybridized carbons (Fsp3) is 0.412. The third kappa shape index (κ3) is 3.62. The average molecular weight is 354 g/mol. The molecule has 2 aliphatic heterocycles. The number of hydrogen-bond acceptors (Lipinski definition) is 5. The lowest BCUT2D eigenvalue weighted by atomic mass is 9.96. The zero-order chi connectivity index (χ0) is 15.7. The molecule has 23 heavy (non-hydrogen) atoms. The molecular weight excluding hydrogens is 334 g/mol. The van der Waals surface area contributed by atoms with Crippen LogP contribution in [0.3, 0.4) is 0 Å². The predicted molar refractivity (Wildman–Crippen MR) is 93.8 cm³/mol. The first-order chi connectivity index (χ1) is 10.6. The molecule has 6 heteroatoms. The monoisotopic (exact) mass is 353 g/mol. The number of halogens is 1. The number of hydrogen-bond donors (Lipinski definition) is 0. The van der Waals surface area contributed by atoms with Crippen LogP contribution in [0.5, 0.6) is 0 Å². The van der Waals surface area contributed by atoms with Crippen LogP contribution >= 0.6 is 24.2 Å². The van der Waals surface area contributed by atoms with E-state index in [1.807, 2.05) is 31.2 Å². The molecule has 0 spiro atoms. The predicted octanol–water partition coefficient (Wildman–Crippen LogP) is 2.91. The van der Waals surface area contributed by atoms with Crippen molar-refractivity contribution in [3.8, 4) is 0 Å². The second-order valence-electron chi connectivity index (χ2n) is 5.69. The molecule has 0 bridgehead atoms. The number of esters is 1. The van der Waals surface area contributed by atoms with E-state index in [9.17, 15) is 9.59 Å². The topological polar surface area (TPSA) is 46.6 Å². The van der Waals surface area contributed by atoms with Crippen molar-refractivity contribution < 1.29 is 14.3 Å². The van der Waals surface area contributed by atoms with E-state index in [1.165, 1.54) is 18.9 Å². The zero-order valence-corrected chi connectivity index (χ0v) is 14.8. The highest BCUT2D eigenvalue weighted by molar-refractivity contribution is 8.15. The lowest BCUT2D eigenvalue weighted by Crippen LogP contribution is -2.42. The fourth-order valence-corrected chi connectivity index (χ4v) is 4.20. The Morgan fingerprint density at radius 2 is 2.13 bits per heavy atom. The first kappa shape index (κ1) is 18.0. The van der Waals surface area contributed by atoms with Crippen LogP contribution in [0.1, 0.15) is 23.6 Å². The van der Waals surface area contributed by atoms with E-state index in [0.29, 0.717) is 11.8 Å². The molecule has 0 aliphatic carbocycles. The van der Waals surface area contributed by atoms with Gasteiger partial charge in [-0.1, -0.05) is 36.0 Å². The number of rotatable bonds is 3. The number of likely N-dealkylation sites (tertiary alicyclic amines) is 1. The van der Waals surface area contributed by atoms with Gasteiger partial charge in [0.15, 0.2) is 0 Å². The minimum atomic E-state index is -0.409. The molecule has 1 aromatic rings. The largest absolute Gasteiger partial charge is 0.468 e. The Balaban J connectivity index is 0.00000192. The van der Waals surface area contributed by atoms with E-state index in [-0.39, 0.29) is 23.5 Å². The Morgan fingerprint density at radius 1 is 1.39 bits per heavy atom. The Kier molecular flexibility index (Phi) is 5.89. The van der Waals surface area contributed by atoms with Gasteiger partial charge in [0.1, 0.15) is 6.04 Å². The van der Waals surface area contributed by atoms with E-state index >= 15 is 0 Å². The SMILES string of the molecule is COC(=O)C(c1ccccc1C)N1CCC2SC(=O)C=C2C1.Cl. The lowest BCUT2D eigenvalue weighted by Gasteiger charge is -2.36. The van der Waals surface area contributed by atoms with Crippen LogP contribution in [-0.4, -0.2) is 41.4 Å². The molecule has 2 unspecified atom stereocenters. The summed E-state index contributed by atoms with van der Waals surface area (Å²) in [6.07, 6.45) is 2.62. The van der Waals surface area contributed by atoms with Gasteiger partial charge < -0.3 is 4.74 Å². The number of benzene rings is 1. The molecule has 4 nitrogen and oxygen atoms in total. The second-order valence-corrected chi connectivity index (χ2v) is 6.89. The molecule has 0 saturated carbocycles. The summed E-state index contributed by atoms with van der Waals surface area (Å²) in [5, 5.41) is 0.422. The Labute approximate surface area is 146 Å². The third-order valence-corrected chi connectivity index (χ3v) is 5.49. The van der Waals surface area contributed by atoms with E-state index in [2.05, 4.69) is 4.90 Å². The molecule has 1 saturated heterocycles. The molecule has 0 N–H and O–H groups in total. The highest BCUT2D eigenvalue weighted by Crippen LogP contribution is 2.38. The Bertz CT molecular complexity index is 646. The summed E-state index contributed by atoms with van der Waals surface area (Å²) >= 11 is 1.40. The molecule has 2 aliphatic rings. The van der Waals surface area contributed by atoms with Gasteiger partial charge in [0.2, 0.25) is 5.12 Å². The first-order valence-electron chi connectivity index (χ1n) is 7.38. The summed E-state index contributed by atoms with van der Waals surface area (Å²) < 4.78 is 5.04. The molecule has 0 amide bonds. The van der Waals surface area contributed by atoms with Gasteiger partial charge in [-0.15, -0.1) is 12.4 Å². The second kappa shape index (κ2) is 7.51. The summed E-state index contributed by atoms with van der Waals surface area (Å²) in [5.41, 5.74) is 3.18. The van der Waals surface area contributed by atoms with Crippen molar-refractivity contribution in [2.24, 2.45) is 0 Å². The highest BCUT2D eigenvalue weighted by Gasteiger charge is 2.37. The molecule has 0 aromatic heterocycles. The minimum absolute atomic E-state index is 0. The molecule has 2 heterocycles. The normalized spacial score (nSPS) is 21.9. The standard InChI is InChI=1S/C17H19NO3S.ClH/c1-11-5-3-4-6-13(11)16(17(20)21-2)18-8-7-14-12(10-18)9-15(19)22-14;/h3-6,9,14,16H,7-8,10H2,1-2H3;1H. The smallest absolute Gasteiger partial charge is 0.327 e. The lowest BCUT2D eigenvalue weighted by molar-refractivity contribution is -0.147. The van der Waals surface area contributed by atoms with Gasteiger partial charge in [-0.25, -0.2) is 4.79 Å². The van der Waals surface area contributed by atoms with Gasteiger partial charge in [-0.3, -0.25) is 9.69 Å². The van der Waals surface area contributed by atoms with Crippen LogP contribution in [-0.2, 0) is 14.3 Å². The summed E-state index contributed by atoms with van der Waals surface area (Å²) in [5.74, 6) is -0.245. The molecular formula is C17H20ClNO3S. The molecule has 1 fully saturated rings. The Morgan fingerprint density at radius 3 is 2.83 bits per heavy atom. The van der Waals surface area contributed by atoms with Crippen molar-refractivity contribution in [1.29, 1.82) is 0 Å². The fourth-order valence-electron chi connectivity index (χ4n) is 3.18. The number of carbonyl (C=O) groups excluding carboxylic acids is 2. The van der Waals surface area contributed by atoms with Crippen LogP contribution < -0.4 is 0 Å². The number of aryl methyl sites for hydroxylation is 1. The van der Waals surface area contributed by atoms with E-state index in [1.54, 1.807) is 6.08 Å². The van der Waals surface area contributed by atoms with Crippen LogP contribution in [0.25, 0.3) is 0 Å². The molecule has 124 valence electrons. The van der Waals surface area contributed by atoms with E-state index in [0.717, 1.165) is 29.7 Å². The van der Waals surface area contributed by atoms with Crippen LogP contribution in [0.2, 0.25) is 0 Å². The molecule has 1 aromatic carbocycles. The number of nitrogens with zero attached hydrogens (tertiary/aromatic N) is 1. The maximum atomic E-state index is 12.4. The van der Waals surface area contributed by atoms with Gasteiger partial charge in [-0.2, -0.15) is 0 Å². The van der Waals surface area contributed by atoms with E-state index < -0.39 is 6.04 Å². The van der Waals surface area contributed by atoms with Crippen molar-refractivity contribution in [2.45, 2.75) is 24.6 Å². The Hall–Kier alpha value is -1.30. The zero-order valence-electron chi connectivity index (χ0n) is 13.2. The van der Waals surface area contributed by atoms with Crippen molar-refractivity contribution in [2.75, 3.05) is 20.2 Å². The number of carbonyl (C=O) groups is 2. The van der Waals surface area contributed by atoms with Crippen molar-refractivity contribution >= 4 is 35.3 Å². The number of fused-ring (bicyclic) bond motifs is 1. The highest BCUT2D eigenvalue weighted by atomic mass is 35.5. The van der Waals surface area contributed by atoms with Gasteiger partial charge in [0.05, 0.1) is 7.11 Å². The first-order valence-corrected chi connectivity index (χ1v) is 8.26. The quantitative estimate of drug-likeness (QED) is 0.782. The average Bonchev–Trinajstić information content (AvgIpc) is 2.88. The van der Waals surface area contributed by atoms with Gasteiger partial charge in [0, 0.05) is 18.3 Å². The van der Waals surface area contributed by atoms with Crippen LogP contribution in [0, 0.1) is 6.92 Å². The van der Waals surface area contributed by atoms with Gasteiger partial charge in [-0.05, 0) is 36.1 Å². The van der Waals surface area contributed by atoms with Crippen molar-refractivity contribution in [3.05, 3.63) is 47.0 Å². The minimum Gasteiger partial charge on any atom is -0.468 e. The number of ether oxygens (including phenoxy) is 1. The summed E-state index contributed by atoms with van der Waals surface area (Å²) in [6, 6.07) is 7.49. The van der Waals surface area contributed by atoms with Gasteiger partial charge >= 0.3 is 5.97 Å². The third-order valence-electron chi connectivity index (χ3n) is 4.31. The maximum Gasteiger partial charge on any atom is 0.327 e. The summed E-state index contributed by atoms with van der Waals surface area (Å²) in [7, 11) is 1.43. The number of methoxy groups -OCH3 is 1. The van der Waals surface area contributed by atoms with Gasteiger partial charge in [0.25, 0.3) is 0 Å². The van der Waals surface area contributed by atoms with Crippen molar-refractivity contribution in [3.63, 3.8) is 0 Å². The van der Waals surface area contributed by atoms with E-state index in [4.69, 9.17) is 4.74 Å². The number of piperidine rings is 1. The summed E-state index contributed by atoms with van der Waals surface area (Å²) in [4.78, 5) is 26.1. The molecule has 3 rings (SSSR count). The maximum absolute atomic E-state index is 12.4. The molecule has 2 atom stereocenters.